The maximum atomic E-state index is 13.5. The zero-order chi connectivity index (χ0) is 28.5. The molecule has 204 valence electrons. The number of carbonyl (C=O) groups excluding carboxylic acids is 2. The molecule has 1 heterocycles. The van der Waals surface area contributed by atoms with E-state index in [1.807, 2.05) is 68.4 Å². The molecule has 1 amide bonds. The Labute approximate surface area is 230 Å². The Hall–Kier alpha value is -4.06. The number of amides is 1. The number of rotatable bonds is 7. The summed E-state index contributed by atoms with van der Waals surface area (Å²) in [7, 11) is 3.19. The second kappa shape index (κ2) is 11.0. The highest BCUT2D eigenvalue weighted by Gasteiger charge is 2.46. The fraction of sp³-hybridized carbons (Fsp3) is 0.333. The summed E-state index contributed by atoms with van der Waals surface area (Å²) in [5.74, 6) is -0.0621. The number of aliphatic hydroxyl groups excluding tert-OH is 1. The maximum Gasteiger partial charge on any atom is 0.295 e. The van der Waals surface area contributed by atoms with Crippen LogP contribution in [0.3, 0.4) is 0 Å². The van der Waals surface area contributed by atoms with Gasteiger partial charge in [0.15, 0.2) is 0 Å². The number of likely N-dealkylation sites (tertiary alicyclic amines) is 1. The van der Waals surface area contributed by atoms with Gasteiger partial charge in [-0.15, -0.1) is 0 Å². The number of carbonyl (C=O) groups is 2. The minimum absolute atomic E-state index is 0.0583. The Balaban J connectivity index is 1.88. The summed E-state index contributed by atoms with van der Waals surface area (Å²) < 4.78 is 10.9. The summed E-state index contributed by atoms with van der Waals surface area (Å²) >= 11 is 0. The molecule has 6 nitrogen and oxygen atoms in total. The van der Waals surface area contributed by atoms with Crippen LogP contribution in [-0.4, -0.2) is 35.9 Å². The van der Waals surface area contributed by atoms with Gasteiger partial charge in [-0.1, -0.05) is 71.0 Å². The van der Waals surface area contributed by atoms with E-state index in [9.17, 15) is 14.7 Å². The van der Waals surface area contributed by atoms with Crippen LogP contribution in [0.25, 0.3) is 5.76 Å². The second-order valence-electron chi connectivity index (χ2n) is 11.3. The van der Waals surface area contributed by atoms with E-state index in [1.54, 1.807) is 26.4 Å². The van der Waals surface area contributed by atoms with E-state index in [0.29, 0.717) is 17.1 Å². The molecule has 6 heteroatoms. The van der Waals surface area contributed by atoms with Gasteiger partial charge in [0.1, 0.15) is 17.3 Å². The molecule has 0 bridgehead atoms. The SMILES string of the molecule is COc1cccc(CN2C(=O)C(=O)/C(=C(\O)c3ccc(OC)c(C(C)C)c3)C2c2ccc(C(C)(C)C)cc2)c1. The first kappa shape index (κ1) is 28.0. The molecule has 3 aromatic rings. The van der Waals surface area contributed by atoms with Crippen LogP contribution >= 0.6 is 0 Å². The predicted molar refractivity (Wildman–Crippen MR) is 153 cm³/mol. The molecule has 0 saturated carbocycles. The molecule has 1 fully saturated rings. The van der Waals surface area contributed by atoms with Crippen LogP contribution in [0.4, 0.5) is 0 Å². The molecular formula is C33H37NO5. The number of ketones is 1. The van der Waals surface area contributed by atoms with Crippen LogP contribution in [0, 0.1) is 0 Å². The molecule has 1 aliphatic heterocycles. The minimum Gasteiger partial charge on any atom is -0.507 e. The molecule has 1 saturated heterocycles. The smallest absolute Gasteiger partial charge is 0.295 e. The number of ether oxygens (including phenoxy) is 2. The summed E-state index contributed by atoms with van der Waals surface area (Å²) in [6.07, 6.45) is 0. The topological polar surface area (TPSA) is 76.1 Å². The van der Waals surface area contributed by atoms with Crippen LogP contribution in [0.15, 0.2) is 72.3 Å². The van der Waals surface area contributed by atoms with Crippen molar-refractivity contribution in [1.29, 1.82) is 0 Å². The van der Waals surface area contributed by atoms with E-state index < -0.39 is 17.7 Å². The van der Waals surface area contributed by atoms with Gasteiger partial charge in [-0.3, -0.25) is 9.59 Å². The fourth-order valence-electron chi connectivity index (χ4n) is 5.01. The number of methoxy groups -OCH3 is 2. The third-order valence-corrected chi connectivity index (χ3v) is 7.24. The normalized spacial score (nSPS) is 17.1. The van der Waals surface area contributed by atoms with Gasteiger partial charge >= 0.3 is 0 Å². The number of Topliss-reactive ketones (excluding diaryl/α,β-unsaturated/α-hetero) is 1. The van der Waals surface area contributed by atoms with Crippen molar-refractivity contribution in [1.82, 2.24) is 4.90 Å². The van der Waals surface area contributed by atoms with Crippen LogP contribution in [0.2, 0.25) is 0 Å². The molecule has 0 radical (unpaired) electrons. The van der Waals surface area contributed by atoms with E-state index in [1.165, 1.54) is 4.90 Å². The lowest BCUT2D eigenvalue weighted by Crippen LogP contribution is -2.29. The molecular weight excluding hydrogens is 490 g/mol. The average Bonchev–Trinajstić information content (AvgIpc) is 3.16. The van der Waals surface area contributed by atoms with Crippen LogP contribution < -0.4 is 9.47 Å². The van der Waals surface area contributed by atoms with Gasteiger partial charge in [0, 0.05) is 12.1 Å². The average molecular weight is 528 g/mol. The van der Waals surface area contributed by atoms with Gasteiger partial charge in [-0.25, -0.2) is 0 Å². The lowest BCUT2D eigenvalue weighted by molar-refractivity contribution is -0.140. The summed E-state index contributed by atoms with van der Waals surface area (Å²) in [6.45, 7) is 10.6. The first-order chi connectivity index (χ1) is 18.5. The molecule has 39 heavy (non-hydrogen) atoms. The van der Waals surface area contributed by atoms with Gasteiger partial charge in [0.25, 0.3) is 11.7 Å². The summed E-state index contributed by atoms with van der Waals surface area (Å²) in [4.78, 5) is 28.5. The van der Waals surface area contributed by atoms with Crippen LogP contribution in [0.1, 0.15) is 74.4 Å². The predicted octanol–water partition coefficient (Wildman–Crippen LogP) is 6.75. The second-order valence-corrected chi connectivity index (χ2v) is 11.3. The van der Waals surface area contributed by atoms with E-state index >= 15 is 0 Å². The number of hydrogen-bond donors (Lipinski definition) is 1. The third kappa shape index (κ3) is 5.56. The highest BCUT2D eigenvalue weighted by Crippen LogP contribution is 2.42. The third-order valence-electron chi connectivity index (χ3n) is 7.24. The Bertz CT molecular complexity index is 1410. The Morgan fingerprint density at radius 1 is 0.949 bits per heavy atom. The molecule has 4 rings (SSSR count). The Morgan fingerprint density at radius 3 is 2.23 bits per heavy atom. The molecule has 1 unspecified atom stereocenters. The number of hydrogen-bond acceptors (Lipinski definition) is 5. The van der Waals surface area contributed by atoms with Crippen molar-refractivity contribution >= 4 is 17.4 Å². The van der Waals surface area contributed by atoms with E-state index in [0.717, 1.165) is 22.3 Å². The standard InChI is InChI=1S/C33H37NO5/c1-20(2)26-18-23(13-16-27(26)39-7)30(35)28-29(22-11-14-24(15-12-22)33(3,4)5)34(32(37)31(28)36)19-21-9-8-10-25(17-21)38-6/h8-18,20,29,35H,19H2,1-7H3/b30-28-. The van der Waals surface area contributed by atoms with Gasteiger partial charge in [0.05, 0.1) is 25.8 Å². The molecule has 1 atom stereocenters. The van der Waals surface area contributed by atoms with Crippen molar-refractivity contribution in [3.63, 3.8) is 0 Å². The van der Waals surface area contributed by atoms with E-state index in [-0.39, 0.29) is 29.2 Å². The van der Waals surface area contributed by atoms with Gasteiger partial charge < -0.3 is 19.5 Å². The van der Waals surface area contributed by atoms with Crippen molar-refractivity contribution in [2.24, 2.45) is 0 Å². The van der Waals surface area contributed by atoms with Gasteiger partial charge in [-0.05, 0) is 63.9 Å². The zero-order valence-corrected chi connectivity index (χ0v) is 23.7. The van der Waals surface area contributed by atoms with Crippen molar-refractivity contribution in [2.75, 3.05) is 14.2 Å². The van der Waals surface area contributed by atoms with Crippen LogP contribution in [-0.2, 0) is 21.5 Å². The van der Waals surface area contributed by atoms with Crippen molar-refractivity contribution < 1.29 is 24.2 Å². The largest absolute Gasteiger partial charge is 0.507 e. The van der Waals surface area contributed by atoms with Crippen LogP contribution in [0.5, 0.6) is 11.5 Å². The molecule has 0 aliphatic carbocycles. The number of nitrogens with zero attached hydrogens (tertiary/aromatic N) is 1. The summed E-state index contributed by atoms with van der Waals surface area (Å²) in [5.41, 5.74) is 4.09. The van der Waals surface area contributed by atoms with Gasteiger partial charge in [-0.2, -0.15) is 0 Å². The summed E-state index contributed by atoms with van der Waals surface area (Å²) in [5, 5.41) is 11.6. The Morgan fingerprint density at radius 2 is 1.64 bits per heavy atom. The van der Waals surface area contributed by atoms with Crippen molar-refractivity contribution in [3.8, 4) is 11.5 Å². The maximum absolute atomic E-state index is 13.5. The molecule has 1 N–H and O–H groups in total. The van der Waals surface area contributed by atoms with Gasteiger partial charge in [0.2, 0.25) is 0 Å². The molecule has 1 aliphatic rings. The van der Waals surface area contributed by atoms with Crippen molar-refractivity contribution in [2.45, 2.75) is 58.5 Å². The Kier molecular flexibility index (Phi) is 7.86. The molecule has 0 aromatic heterocycles. The van der Waals surface area contributed by atoms with Crippen molar-refractivity contribution in [3.05, 3.63) is 100 Å². The lowest BCUT2D eigenvalue weighted by atomic mass is 9.85. The number of benzene rings is 3. The highest BCUT2D eigenvalue weighted by atomic mass is 16.5. The molecule has 3 aromatic carbocycles. The fourth-order valence-corrected chi connectivity index (χ4v) is 5.01. The quantitative estimate of drug-likeness (QED) is 0.209. The van der Waals surface area contributed by atoms with E-state index in [4.69, 9.17) is 9.47 Å². The number of aliphatic hydroxyl groups is 1. The monoisotopic (exact) mass is 527 g/mol. The summed E-state index contributed by atoms with van der Waals surface area (Å²) in [6, 6.07) is 19.9. The highest BCUT2D eigenvalue weighted by molar-refractivity contribution is 6.46. The van der Waals surface area contributed by atoms with E-state index in [2.05, 4.69) is 20.8 Å². The first-order valence-electron chi connectivity index (χ1n) is 13.2. The lowest BCUT2D eigenvalue weighted by Gasteiger charge is -2.27. The zero-order valence-electron chi connectivity index (χ0n) is 23.7. The first-order valence-corrected chi connectivity index (χ1v) is 13.2. The minimum atomic E-state index is -0.755. The molecule has 0 spiro atoms.